The van der Waals surface area contributed by atoms with Gasteiger partial charge in [-0.05, 0) is 43.9 Å². The van der Waals surface area contributed by atoms with Gasteiger partial charge in [0.1, 0.15) is 18.0 Å². The van der Waals surface area contributed by atoms with Crippen LogP contribution in [0.25, 0.3) is 0 Å². The van der Waals surface area contributed by atoms with E-state index in [1.54, 1.807) is 30.3 Å². The highest BCUT2D eigenvalue weighted by molar-refractivity contribution is 5.96. The van der Waals surface area contributed by atoms with E-state index in [1.807, 2.05) is 0 Å². The summed E-state index contributed by atoms with van der Waals surface area (Å²) in [5.74, 6) is -0.490. The summed E-state index contributed by atoms with van der Waals surface area (Å²) in [4.78, 5) is 16.6. The van der Waals surface area contributed by atoms with E-state index >= 15 is 0 Å². The molecule has 0 saturated heterocycles. The molecule has 5 nitrogen and oxygen atoms in total. The van der Waals surface area contributed by atoms with Gasteiger partial charge in [0.25, 0.3) is 5.91 Å². The number of aliphatic hydroxyl groups excluding tert-OH is 1. The Morgan fingerprint density at radius 1 is 1.28 bits per heavy atom. The Morgan fingerprint density at radius 3 is 2.92 bits per heavy atom. The average Bonchev–Trinajstić information content (AvgIpc) is 2.61. The molecule has 6 heteroatoms. The lowest BCUT2D eigenvalue weighted by atomic mass is 9.93. The monoisotopic (exact) mass is 344 g/mol. The van der Waals surface area contributed by atoms with Gasteiger partial charge in [-0.1, -0.05) is 18.2 Å². The van der Waals surface area contributed by atoms with Gasteiger partial charge in [-0.3, -0.25) is 4.79 Å². The van der Waals surface area contributed by atoms with Gasteiger partial charge in [0.05, 0.1) is 6.10 Å². The van der Waals surface area contributed by atoms with Crippen molar-refractivity contribution < 1.29 is 19.0 Å². The minimum absolute atomic E-state index is 0.00783. The van der Waals surface area contributed by atoms with Gasteiger partial charge in [-0.25, -0.2) is 9.37 Å². The van der Waals surface area contributed by atoms with Crippen LogP contribution in [0.1, 0.15) is 41.6 Å². The molecule has 2 aromatic rings. The summed E-state index contributed by atoms with van der Waals surface area (Å²) in [5, 5.41) is 12.7. The highest BCUT2D eigenvalue weighted by atomic mass is 19.1. The van der Waals surface area contributed by atoms with E-state index in [4.69, 9.17) is 4.74 Å². The number of aromatic nitrogens is 1. The summed E-state index contributed by atoms with van der Waals surface area (Å²) < 4.78 is 19.3. The summed E-state index contributed by atoms with van der Waals surface area (Å²) in [7, 11) is 0. The van der Waals surface area contributed by atoms with Crippen molar-refractivity contribution in [1.82, 2.24) is 10.3 Å². The van der Waals surface area contributed by atoms with Crippen LogP contribution in [0.15, 0.2) is 42.6 Å². The zero-order valence-corrected chi connectivity index (χ0v) is 13.8. The van der Waals surface area contributed by atoms with Crippen LogP contribution >= 0.6 is 0 Å². The Labute approximate surface area is 145 Å². The number of hydrogen-bond donors (Lipinski definition) is 2. The number of nitrogens with one attached hydrogen (secondary N) is 1. The quantitative estimate of drug-likeness (QED) is 0.875. The summed E-state index contributed by atoms with van der Waals surface area (Å²) in [6, 6.07) is 9.54. The molecular formula is C19H21FN2O3. The Kier molecular flexibility index (Phi) is 5.60. The zero-order chi connectivity index (χ0) is 17.6. The molecule has 1 fully saturated rings. The van der Waals surface area contributed by atoms with Crippen molar-refractivity contribution in [1.29, 1.82) is 0 Å². The van der Waals surface area contributed by atoms with E-state index < -0.39 is 0 Å². The smallest absolute Gasteiger partial charge is 0.256 e. The molecule has 0 bridgehead atoms. The van der Waals surface area contributed by atoms with Crippen LogP contribution in [0.5, 0.6) is 5.88 Å². The second-order valence-electron chi connectivity index (χ2n) is 6.23. The zero-order valence-electron chi connectivity index (χ0n) is 13.8. The number of aliphatic hydroxyl groups is 1. The summed E-state index contributed by atoms with van der Waals surface area (Å²) in [5.41, 5.74) is 0.703. The summed E-state index contributed by atoms with van der Waals surface area (Å²) in [6.07, 6.45) is 4.21. The lowest BCUT2D eigenvalue weighted by Gasteiger charge is -2.26. The highest BCUT2D eigenvalue weighted by Crippen LogP contribution is 2.21. The van der Waals surface area contributed by atoms with Gasteiger partial charge in [0.2, 0.25) is 5.88 Å². The van der Waals surface area contributed by atoms with Crippen molar-refractivity contribution in [3.8, 4) is 5.88 Å². The number of rotatable bonds is 5. The van der Waals surface area contributed by atoms with Crippen molar-refractivity contribution in [3.05, 3.63) is 59.5 Å². The Morgan fingerprint density at radius 2 is 2.12 bits per heavy atom. The van der Waals surface area contributed by atoms with E-state index in [9.17, 15) is 14.3 Å². The molecule has 1 amide bonds. The standard InChI is InChI=1S/C19H21FN2O3/c20-17-9-2-1-5-13(17)12-25-19-16(8-4-10-21-19)18(24)22-14-6-3-7-15(23)11-14/h1-2,4-5,8-10,14-15,23H,3,6-7,11-12H2,(H,22,24)/t14-,15+/m1/s1. The van der Waals surface area contributed by atoms with E-state index in [2.05, 4.69) is 10.3 Å². The first-order chi connectivity index (χ1) is 12.1. The average molecular weight is 344 g/mol. The maximum atomic E-state index is 13.7. The Balaban J connectivity index is 1.67. The third kappa shape index (κ3) is 4.54. The van der Waals surface area contributed by atoms with E-state index in [-0.39, 0.29) is 36.4 Å². The van der Waals surface area contributed by atoms with Crippen molar-refractivity contribution in [2.24, 2.45) is 0 Å². The van der Waals surface area contributed by atoms with Crippen LogP contribution in [0.2, 0.25) is 0 Å². The summed E-state index contributed by atoms with van der Waals surface area (Å²) >= 11 is 0. The number of carbonyl (C=O) groups excluding carboxylic acids is 1. The highest BCUT2D eigenvalue weighted by Gasteiger charge is 2.23. The number of hydrogen-bond acceptors (Lipinski definition) is 4. The van der Waals surface area contributed by atoms with Crippen molar-refractivity contribution >= 4 is 5.91 Å². The summed E-state index contributed by atoms with van der Waals surface area (Å²) in [6.45, 7) is -0.00783. The minimum atomic E-state index is -0.371. The van der Waals surface area contributed by atoms with Crippen molar-refractivity contribution in [2.45, 2.75) is 44.4 Å². The molecule has 1 saturated carbocycles. The molecule has 0 radical (unpaired) electrons. The molecule has 1 aliphatic rings. The van der Waals surface area contributed by atoms with Gasteiger partial charge in [0.15, 0.2) is 0 Å². The van der Waals surface area contributed by atoms with Gasteiger partial charge in [0, 0.05) is 17.8 Å². The van der Waals surface area contributed by atoms with Crippen LogP contribution in [0, 0.1) is 5.82 Å². The minimum Gasteiger partial charge on any atom is -0.472 e. The van der Waals surface area contributed by atoms with E-state index in [1.165, 1.54) is 12.3 Å². The number of carbonyl (C=O) groups is 1. The van der Waals surface area contributed by atoms with Crippen LogP contribution in [-0.4, -0.2) is 28.1 Å². The first-order valence-corrected chi connectivity index (χ1v) is 8.43. The molecule has 25 heavy (non-hydrogen) atoms. The fourth-order valence-electron chi connectivity index (χ4n) is 3.00. The van der Waals surface area contributed by atoms with Gasteiger partial charge < -0.3 is 15.2 Å². The third-order valence-electron chi connectivity index (χ3n) is 4.32. The number of nitrogens with zero attached hydrogens (tertiary/aromatic N) is 1. The number of ether oxygens (including phenoxy) is 1. The van der Waals surface area contributed by atoms with E-state index in [0.717, 1.165) is 19.3 Å². The SMILES string of the molecule is O=C(N[C@@H]1CCC[C@H](O)C1)c1cccnc1OCc1ccccc1F. The molecular weight excluding hydrogens is 323 g/mol. The van der Waals surface area contributed by atoms with Crippen LogP contribution in [0.3, 0.4) is 0 Å². The first kappa shape index (κ1) is 17.4. The topological polar surface area (TPSA) is 71.5 Å². The van der Waals surface area contributed by atoms with Gasteiger partial charge >= 0.3 is 0 Å². The molecule has 2 atom stereocenters. The maximum Gasteiger partial charge on any atom is 0.256 e. The van der Waals surface area contributed by atoms with Crippen LogP contribution in [-0.2, 0) is 6.61 Å². The van der Waals surface area contributed by atoms with Crippen molar-refractivity contribution in [2.75, 3.05) is 0 Å². The fourth-order valence-corrected chi connectivity index (χ4v) is 3.00. The third-order valence-corrected chi connectivity index (χ3v) is 4.32. The molecule has 2 N–H and O–H groups in total. The second-order valence-corrected chi connectivity index (χ2v) is 6.23. The van der Waals surface area contributed by atoms with Crippen molar-refractivity contribution in [3.63, 3.8) is 0 Å². The molecule has 0 spiro atoms. The predicted octanol–water partition coefficient (Wildman–Crippen LogP) is 2.83. The lowest BCUT2D eigenvalue weighted by Crippen LogP contribution is -2.39. The Bertz CT molecular complexity index is 738. The number of benzene rings is 1. The molecule has 3 rings (SSSR count). The number of amides is 1. The van der Waals surface area contributed by atoms with Gasteiger partial charge in [-0.2, -0.15) is 0 Å². The Hall–Kier alpha value is -2.47. The maximum absolute atomic E-state index is 13.7. The number of halogens is 1. The lowest BCUT2D eigenvalue weighted by molar-refractivity contribution is 0.0845. The first-order valence-electron chi connectivity index (χ1n) is 8.43. The molecule has 0 aliphatic heterocycles. The second kappa shape index (κ2) is 8.07. The van der Waals surface area contributed by atoms with E-state index in [0.29, 0.717) is 17.5 Å². The molecule has 132 valence electrons. The molecule has 1 aliphatic carbocycles. The largest absolute Gasteiger partial charge is 0.472 e. The number of pyridine rings is 1. The predicted molar refractivity (Wildman–Crippen MR) is 90.7 cm³/mol. The molecule has 1 heterocycles. The van der Waals surface area contributed by atoms with Crippen LogP contribution in [0.4, 0.5) is 4.39 Å². The molecule has 1 aromatic carbocycles. The van der Waals surface area contributed by atoms with Crippen LogP contribution < -0.4 is 10.1 Å². The molecule has 0 unspecified atom stereocenters. The van der Waals surface area contributed by atoms with Gasteiger partial charge in [-0.15, -0.1) is 0 Å². The normalized spacial score (nSPS) is 20.1. The fraction of sp³-hybridized carbons (Fsp3) is 0.368. The molecule has 1 aromatic heterocycles.